The number of rotatable bonds is 2. The van der Waals surface area contributed by atoms with Gasteiger partial charge in [0.1, 0.15) is 5.54 Å². The Morgan fingerprint density at radius 1 is 1.38 bits per heavy atom. The molecule has 4 nitrogen and oxygen atoms in total. The van der Waals surface area contributed by atoms with Gasteiger partial charge in [0.2, 0.25) is 5.91 Å². The summed E-state index contributed by atoms with van der Waals surface area (Å²) in [7, 11) is 1.89. The zero-order valence-corrected chi connectivity index (χ0v) is 10.1. The van der Waals surface area contributed by atoms with Crippen molar-refractivity contribution in [3.05, 3.63) is 0 Å². The van der Waals surface area contributed by atoms with Gasteiger partial charge in [-0.1, -0.05) is 19.3 Å². The van der Waals surface area contributed by atoms with Gasteiger partial charge in [0.15, 0.2) is 0 Å². The highest BCUT2D eigenvalue weighted by Gasteiger charge is 2.41. The highest BCUT2D eigenvalue weighted by Crippen LogP contribution is 2.25. The Hall–Kier alpha value is -0.610. The van der Waals surface area contributed by atoms with Gasteiger partial charge in [-0.05, 0) is 19.3 Å². The number of hydrogen-bond donors (Lipinski definition) is 1. The van der Waals surface area contributed by atoms with Gasteiger partial charge in [0.05, 0.1) is 6.61 Å². The molecule has 0 aromatic heterocycles. The Balaban J connectivity index is 1.97. The molecule has 1 aliphatic heterocycles. The van der Waals surface area contributed by atoms with Crippen molar-refractivity contribution in [2.75, 3.05) is 20.3 Å². The molecule has 2 fully saturated rings. The maximum Gasteiger partial charge on any atom is 0.245 e. The van der Waals surface area contributed by atoms with E-state index in [1.165, 1.54) is 19.3 Å². The van der Waals surface area contributed by atoms with E-state index in [1.54, 1.807) is 0 Å². The molecule has 1 atom stereocenters. The lowest BCUT2D eigenvalue weighted by Crippen LogP contribution is -2.57. The lowest BCUT2D eigenvalue weighted by molar-refractivity contribution is -0.138. The van der Waals surface area contributed by atoms with Crippen LogP contribution in [0.15, 0.2) is 0 Å². The molecule has 92 valence electrons. The molecular formula is C12H22N2O2. The van der Waals surface area contributed by atoms with Crippen LogP contribution in [-0.4, -0.2) is 42.6 Å². The van der Waals surface area contributed by atoms with E-state index in [-0.39, 0.29) is 5.91 Å². The standard InChI is InChI=1S/C12H22N2O2/c1-14(10-5-3-2-4-6-10)11(15)12(13)7-8-16-9-12/h10H,2-9,13H2,1H3. The van der Waals surface area contributed by atoms with E-state index in [0.29, 0.717) is 25.7 Å². The highest BCUT2D eigenvalue weighted by atomic mass is 16.5. The zero-order chi connectivity index (χ0) is 11.6. The normalized spacial score (nSPS) is 31.6. The first-order valence-corrected chi connectivity index (χ1v) is 6.27. The molecule has 0 radical (unpaired) electrons. The van der Waals surface area contributed by atoms with E-state index in [9.17, 15) is 4.79 Å². The average Bonchev–Trinajstić information content (AvgIpc) is 2.77. The molecule has 1 amide bonds. The van der Waals surface area contributed by atoms with Crippen LogP contribution in [-0.2, 0) is 9.53 Å². The third-order valence-electron chi connectivity index (χ3n) is 3.92. The maximum absolute atomic E-state index is 12.3. The van der Waals surface area contributed by atoms with E-state index in [1.807, 2.05) is 11.9 Å². The molecule has 0 bridgehead atoms. The van der Waals surface area contributed by atoms with E-state index in [2.05, 4.69) is 0 Å². The van der Waals surface area contributed by atoms with Gasteiger partial charge in [-0.15, -0.1) is 0 Å². The van der Waals surface area contributed by atoms with Crippen LogP contribution in [0.1, 0.15) is 38.5 Å². The molecule has 0 aromatic carbocycles. The topological polar surface area (TPSA) is 55.6 Å². The quantitative estimate of drug-likeness (QED) is 0.761. The molecule has 1 saturated heterocycles. The van der Waals surface area contributed by atoms with Crippen LogP contribution in [0.5, 0.6) is 0 Å². The van der Waals surface area contributed by atoms with E-state index < -0.39 is 5.54 Å². The smallest absolute Gasteiger partial charge is 0.245 e. The molecule has 0 spiro atoms. The lowest BCUT2D eigenvalue weighted by atomic mass is 9.91. The molecule has 0 aromatic rings. The Morgan fingerprint density at radius 3 is 2.62 bits per heavy atom. The predicted molar refractivity (Wildman–Crippen MR) is 62.0 cm³/mol. The van der Waals surface area contributed by atoms with Gasteiger partial charge in [-0.2, -0.15) is 0 Å². The lowest BCUT2D eigenvalue weighted by Gasteiger charge is -2.35. The minimum absolute atomic E-state index is 0.0666. The van der Waals surface area contributed by atoms with Crippen LogP contribution in [0.4, 0.5) is 0 Å². The second-order valence-corrected chi connectivity index (χ2v) is 5.17. The van der Waals surface area contributed by atoms with Gasteiger partial charge < -0.3 is 15.4 Å². The molecule has 1 unspecified atom stereocenters. The number of nitrogens with two attached hydrogens (primary N) is 1. The van der Waals surface area contributed by atoms with Gasteiger partial charge in [0, 0.05) is 19.7 Å². The van der Waals surface area contributed by atoms with E-state index >= 15 is 0 Å². The summed E-state index contributed by atoms with van der Waals surface area (Å²) in [5.74, 6) is 0.0666. The maximum atomic E-state index is 12.3. The Bertz CT molecular complexity index is 256. The Labute approximate surface area is 97.1 Å². The van der Waals surface area contributed by atoms with Crippen LogP contribution >= 0.6 is 0 Å². The number of carbonyl (C=O) groups is 1. The molecule has 2 N–H and O–H groups in total. The van der Waals surface area contributed by atoms with Crippen molar-refractivity contribution < 1.29 is 9.53 Å². The first-order chi connectivity index (χ1) is 7.63. The summed E-state index contributed by atoms with van der Waals surface area (Å²) in [4.78, 5) is 14.2. The summed E-state index contributed by atoms with van der Waals surface area (Å²) in [5.41, 5.74) is 5.34. The van der Waals surface area contributed by atoms with Crippen LogP contribution in [0.25, 0.3) is 0 Å². The minimum Gasteiger partial charge on any atom is -0.379 e. The third-order valence-corrected chi connectivity index (χ3v) is 3.92. The zero-order valence-electron chi connectivity index (χ0n) is 10.1. The number of hydrogen-bond acceptors (Lipinski definition) is 3. The fourth-order valence-corrected chi connectivity index (χ4v) is 2.73. The van der Waals surface area contributed by atoms with Gasteiger partial charge in [-0.25, -0.2) is 0 Å². The van der Waals surface area contributed by atoms with Crippen molar-refractivity contribution in [3.63, 3.8) is 0 Å². The first-order valence-electron chi connectivity index (χ1n) is 6.27. The highest BCUT2D eigenvalue weighted by molar-refractivity contribution is 5.86. The van der Waals surface area contributed by atoms with Crippen LogP contribution < -0.4 is 5.73 Å². The van der Waals surface area contributed by atoms with Crippen LogP contribution in [0, 0.1) is 0 Å². The second-order valence-electron chi connectivity index (χ2n) is 5.17. The summed E-state index contributed by atoms with van der Waals surface area (Å²) in [6.45, 7) is 0.990. The largest absolute Gasteiger partial charge is 0.379 e. The SMILES string of the molecule is CN(C(=O)C1(N)CCOC1)C1CCCCC1. The average molecular weight is 226 g/mol. The number of likely N-dealkylation sites (N-methyl/N-ethyl adjacent to an activating group) is 1. The van der Waals surface area contributed by atoms with Crippen molar-refractivity contribution in [1.82, 2.24) is 4.90 Å². The van der Waals surface area contributed by atoms with E-state index in [4.69, 9.17) is 10.5 Å². The van der Waals surface area contributed by atoms with Crippen LogP contribution in [0.2, 0.25) is 0 Å². The summed E-state index contributed by atoms with van der Waals surface area (Å²) in [6, 6.07) is 0.391. The summed E-state index contributed by atoms with van der Waals surface area (Å²) in [6.07, 6.45) is 6.67. The number of carbonyl (C=O) groups excluding carboxylic acids is 1. The first kappa shape index (κ1) is 11.9. The predicted octanol–water partition coefficient (Wildman–Crippen LogP) is 0.895. The van der Waals surface area contributed by atoms with Gasteiger partial charge in [-0.3, -0.25) is 4.79 Å². The Kier molecular flexibility index (Phi) is 3.50. The van der Waals surface area contributed by atoms with Crippen molar-refractivity contribution in [3.8, 4) is 0 Å². The number of nitrogens with zero attached hydrogens (tertiary/aromatic N) is 1. The molecular weight excluding hydrogens is 204 g/mol. The van der Waals surface area contributed by atoms with Crippen molar-refractivity contribution in [1.29, 1.82) is 0 Å². The summed E-state index contributed by atoms with van der Waals surface area (Å²) in [5, 5.41) is 0. The molecule has 1 saturated carbocycles. The third kappa shape index (κ3) is 2.23. The monoisotopic (exact) mass is 226 g/mol. The fraction of sp³-hybridized carbons (Fsp3) is 0.917. The molecule has 1 heterocycles. The minimum atomic E-state index is -0.758. The van der Waals surface area contributed by atoms with Crippen molar-refractivity contribution >= 4 is 5.91 Å². The van der Waals surface area contributed by atoms with Gasteiger partial charge >= 0.3 is 0 Å². The van der Waals surface area contributed by atoms with Crippen LogP contribution in [0.3, 0.4) is 0 Å². The van der Waals surface area contributed by atoms with Crippen molar-refractivity contribution in [2.24, 2.45) is 5.73 Å². The van der Waals surface area contributed by atoms with Gasteiger partial charge in [0.25, 0.3) is 0 Å². The fourth-order valence-electron chi connectivity index (χ4n) is 2.73. The molecule has 4 heteroatoms. The van der Waals surface area contributed by atoms with Crippen molar-refractivity contribution in [2.45, 2.75) is 50.1 Å². The molecule has 16 heavy (non-hydrogen) atoms. The second kappa shape index (κ2) is 4.72. The summed E-state index contributed by atoms with van der Waals surface area (Å²) < 4.78 is 5.25. The van der Waals surface area contributed by atoms with E-state index in [0.717, 1.165) is 12.8 Å². The molecule has 1 aliphatic carbocycles. The molecule has 2 rings (SSSR count). The number of amides is 1. The summed E-state index contributed by atoms with van der Waals surface area (Å²) >= 11 is 0. The Morgan fingerprint density at radius 2 is 2.06 bits per heavy atom. The molecule has 2 aliphatic rings. The number of ether oxygens (including phenoxy) is 1.